The molecular formula is C9H18N2O2. The first kappa shape index (κ1) is 10.5. The van der Waals surface area contributed by atoms with E-state index in [1.807, 2.05) is 4.90 Å². The van der Waals surface area contributed by atoms with Crippen molar-refractivity contribution in [3.05, 3.63) is 0 Å². The van der Waals surface area contributed by atoms with Crippen molar-refractivity contribution in [1.29, 1.82) is 0 Å². The van der Waals surface area contributed by atoms with E-state index >= 15 is 0 Å². The van der Waals surface area contributed by atoms with Gasteiger partial charge in [-0.1, -0.05) is 13.8 Å². The number of ether oxygens (including phenoxy) is 1. The zero-order valence-corrected chi connectivity index (χ0v) is 8.32. The molecule has 1 atom stereocenters. The van der Waals surface area contributed by atoms with Crippen LogP contribution < -0.4 is 5.73 Å². The zero-order valence-electron chi connectivity index (χ0n) is 8.32. The Labute approximate surface area is 79.0 Å². The van der Waals surface area contributed by atoms with Crippen molar-refractivity contribution in [1.82, 2.24) is 4.90 Å². The van der Waals surface area contributed by atoms with E-state index < -0.39 is 0 Å². The van der Waals surface area contributed by atoms with E-state index in [2.05, 4.69) is 13.8 Å². The standard InChI is InChI=1S/C9H18N2O2/c1-7(2)4-11-5-8(3-10)13-6-9(11)12/h7-8H,3-6,10H2,1-2H3. The molecule has 0 aromatic carbocycles. The molecule has 1 heterocycles. The first-order valence-electron chi connectivity index (χ1n) is 4.73. The van der Waals surface area contributed by atoms with Crippen LogP contribution >= 0.6 is 0 Å². The van der Waals surface area contributed by atoms with Gasteiger partial charge < -0.3 is 15.4 Å². The van der Waals surface area contributed by atoms with Crippen LogP contribution in [0.1, 0.15) is 13.8 Å². The maximum absolute atomic E-state index is 11.4. The molecule has 4 heteroatoms. The van der Waals surface area contributed by atoms with Crippen molar-refractivity contribution >= 4 is 5.91 Å². The Morgan fingerprint density at radius 3 is 2.92 bits per heavy atom. The highest BCUT2D eigenvalue weighted by molar-refractivity contribution is 5.78. The molecule has 2 N–H and O–H groups in total. The molecule has 13 heavy (non-hydrogen) atoms. The molecule has 0 spiro atoms. The van der Waals surface area contributed by atoms with Gasteiger partial charge in [-0.2, -0.15) is 0 Å². The number of carbonyl (C=O) groups is 1. The SMILES string of the molecule is CC(C)CN1CC(CN)OCC1=O. The Kier molecular flexibility index (Phi) is 3.69. The molecule has 1 aliphatic heterocycles. The van der Waals surface area contributed by atoms with Crippen LogP contribution in [0.2, 0.25) is 0 Å². The molecule has 76 valence electrons. The molecule has 4 nitrogen and oxygen atoms in total. The summed E-state index contributed by atoms with van der Waals surface area (Å²) >= 11 is 0. The van der Waals surface area contributed by atoms with Gasteiger partial charge in [0.05, 0.1) is 6.10 Å². The van der Waals surface area contributed by atoms with Crippen LogP contribution in [-0.2, 0) is 9.53 Å². The van der Waals surface area contributed by atoms with Crippen molar-refractivity contribution in [2.45, 2.75) is 20.0 Å². The molecule has 1 rings (SSSR count). The van der Waals surface area contributed by atoms with E-state index in [4.69, 9.17) is 10.5 Å². The predicted molar refractivity (Wildman–Crippen MR) is 50.2 cm³/mol. The van der Waals surface area contributed by atoms with Gasteiger partial charge in [0.15, 0.2) is 0 Å². The lowest BCUT2D eigenvalue weighted by Crippen LogP contribution is -2.50. The van der Waals surface area contributed by atoms with Gasteiger partial charge in [0, 0.05) is 19.6 Å². The van der Waals surface area contributed by atoms with E-state index in [1.165, 1.54) is 0 Å². The molecule has 0 bridgehead atoms. The lowest BCUT2D eigenvalue weighted by Gasteiger charge is -2.33. The van der Waals surface area contributed by atoms with E-state index in [1.54, 1.807) is 0 Å². The van der Waals surface area contributed by atoms with E-state index in [-0.39, 0.29) is 18.6 Å². The number of amides is 1. The normalized spacial score (nSPS) is 24.2. The van der Waals surface area contributed by atoms with E-state index in [0.29, 0.717) is 19.0 Å². The fraction of sp³-hybridized carbons (Fsp3) is 0.889. The summed E-state index contributed by atoms with van der Waals surface area (Å²) in [4.78, 5) is 13.2. The third-order valence-electron chi connectivity index (χ3n) is 2.07. The molecule has 1 aliphatic rings. The third-order valence-corrected chi connectivity index (χ3v) is 2.07. The molecule has 0 aliphatic carbocycles. The Balaban J connectivity index is 2.45. The summed E-state index contributed by atoms with van der Waals surface area (Å²) in [6, 6.07) is 0. The number of rotatable bonds is 3. The van der Waals surface area contributed by atoms with E-state index in [9.17, 15) is 4.79 Å². The van der Waals surface area contributed by atoms with Gasteiger partial charge in [0.2, 0.25) is 5.91 Å². The van der Waals surface area contributed by atoms with Gasteiger partial charge in [-0.3, -0.25) is 4.79 Å². The number of carbonyl (C=O) groups excluding carboxylic acids is 1. The van der Waals surface area contributed by atoms with Crippen LogP contribution in [0.3, 0.4) is 0 Å². The third kappa shape index (κ3) is 2.97. The molecule has 0 radical (unpaired) electrons. The Morgan fingerprint density at radius 1 is 1.69 bits per heavy atom. The molecule has 1 unspecified atom stereocenters. The minimum absolute atomic E-state index is 0.0245. The summed E-state index contributed by atoms with van der Waals surface area (Å²) in [7, 11) is 0. The van der Waals surface area contributed by atoms with Gasteiger partial charge in [0.25, 0.3) is 0 Å². The van der Waals surface area contributed by atoms with Crippen LogP contribution in [-0.4, -0.2) is 43.2 Å². The van der Waals surface area contributed by atoms with Crippen molar-refractivity contribution in [2.75, 3.05) is 26.2 Å². The lowest BCUT2D eigenvalue weighted by atomic mass is 10.2. The molecule has 0 aromatic heterocycles. The highest BCUT2D eigenvalue weighted by Crippen LogP contribution is 2.08. The van der Waals surface area contributed by atoms with Crippen molar-refractivity contribution < 1.29 is 9.53 Å². The smallest absolute Gasteiger partial charge is 0.248 e. The first-order chi connectivity index (χ1) is 6.13. The molecule has 1 amide bonds. The number of hydrogen-bond donors (Lipinski definition) is 1. The lowest BCUT2D eigenvalue weighted by molar-refractivity contribution is -0.148. The second kappa shape index (κ2) is 4.58. The number of hydrogen-bond acceptors (Lipinski definition) is 3. The van der Waals surface area contributed by atoms with Gasteiger partial charge in [-0.25, -0.2) is 0 Å². The Morgan fingerprint density at radius 2 is 2.38 bits per heavy atom. The maximum Gasteiger partial charge on any atom is 0.248 e. The minimum atomic E-state index is 0.0245. The van der Waals surface area contributed by atoms with Gasteiger partial charge in [-0.05, 0) is 5.92 Å². The summed E-state index contributed by atoms with van der Waals surface area (Å²) in [5, 5.41) is 0. The van der Waals surface area contributed by atoms with Gasteiger partial charge >= 0.3 is 0 Å². The van der Waals surface area contributed by atoms with E-state index in [0.717, 1.165) is 6.54 Å². The highest BCUT2D eigenvalue weighted by atomic mass is 16.5. The van der Waals surface area contributed by atoms with Crippen LogP contribution in [0, 0.1) is 5.92 Å². The summed E-state index contributed by atoms with van der Waals surface area (Å²) < 4.78 is 5.23. The topological polar surface area (TPSA) is 55.6 Å². The van der Waals surface area contributed by atoms with Gasteiger partial charge in [-0.15, -0.1) is 0 Å². The average Bonchev–Trinajstić information content (AvgIpc) is 2.08. The van der Waals surface area contributed by atoms with Crippen molar-refractivity contribution in [3.63, 3.8) is 0 Å². The molecule has 0 aromatic rings. The molecular weight excluding hydrogens is 168 g/mol. The summed E-state index contributed by atoms with van der Waals surface area (Å²) in [6.45, 7) is 6.32. The Hall–Kier alpha value is -0.610. The second-order valence-electron chi connectivity index (χ2n) is 3.86. The number of nitrogens with zero attached hydrogens (tertiary/aromatic N) is 1. The van der Waals surface area contributed by atoms with Crippen LogP contribution in [0.15, 0.2) is 0 Å². The highest BCUT2D eigenvalue weighted by Gasteiger charge is 2.25. The molecule has 0 saturated carbocycles. The predicted octanol–water partition coefficient (Wildman–Crippen LogP) is -0.171. The second-order valence-corrected chi connectivity index (χ2v) is 3.86. The summed E-state index contributed by atoms with van der Waals surface area (Å²) in [6.07, 6.45) is 0.0245. The van der Waals surface area contributed by atoms with Crippen LogP contribution in [0.4, 0.5) is 0 Å². The van der Waals surface area contributed by atoms with Crippen LogP contribution in [0.25, 0.3) is 0 Å². The average molecular weight is 186 g/mol. The van der Waals surface area contributed by atoms with Crippen LogP contribution in [0.5, 0.6) is 0 Å². The molecule has 1 fully saturated rings. The largest absolute Gasteiger partial charge is 0.365 e. The quantitative estimate of drug-likeness (QED) is 0.665. The number of nitrogens with two attached hydrogens (primary N) is 1. The van der Waals surface area contributed by atoms with Gasteiger partial charge in [0.1, 0.15) is 6.61 Å². The van der Waals surface area contributed by atoms with Crippen molar-refractivity contribution in [2.24, 2.45) is 11.7 Å². The fourth-order valence-corrected chi connectivity index (χ4v) is 1.44. The fourth-order valence-electron chi connectivity index (χ4n) is 1.44. The monoisotopic (exact) mass is 186 g/mol. The number of morpholine rings is 1. The maximum atomic E-state index is 11.4. The minimum Gasteiger partial charge on any atom is -0.365 e. The summed E-state index contributed by atoms with van der Waals surface area (Å²) in [5.41, 5.74) is 5.48. The summed E-state index contributed by atoms with van der Waals surface area (Å²) in [5.74, 6) is 0.582. The van der Waals surface area contributed by atoms with Crippen molar-refractivity contribution in [3.8, 4) is 0 Å². The molecule has 1 saturated heterocycles. The first-order valence-corrected chi connectivity index (χ1v) is 4.73. The zero-order chi connectivity index (χ0) is 9.84. The Bertz CT molecular complexity index is 182.